The summed E-state index contributed by atoms with van der Waals surface area (Å²) in [4.78, 5) is 11.8. The number of nitrogens with two attached hydrogens (primary N) is 1. The molecule has 0 saturated heterocycles. The van der Waals surface area contributed by atoms with E-state index in [9.17, 15) is 13.2 Å². The van der Waals surface area contributed by atoms with Crippen molar-refractivity contribution in [3.63, 3.8) is 0 Å². The van der Waals surface area contributed by atoms with E-state index in [-0.39, 0.29) is 11.3 Å². The Hall–Kier alpha value is -1.60. The molecule has 7 heteroatoms. The lowest BCUT2D eigenvalue weighted by atomic mass is 10.1. The van der Waals surface area contributed by atoms with Crippen molar-refractivity contribution in [3.8, 4) is 5.75 Å². The van der Waals surface area contributed by atoms with Gasteiger partial charge in [-0.2, -0.15) is 0 Å². The quantitative estimate of drug-likeness (QED) is 0.572. The number of hydrogen-bond donors (Lipinski definition) is 2. The van der Waals surface area contributed by atoms with Crippen LogP contribution in [0, 0.1) is 0 Å². The van der Waals surface area contributed by atoms with Gasteiger partial charge in [-0.3, -0.25) is 4.79 Å². The van der Waals surface area contributed by atoms with E-state index >= 15 is 0 Å². The maximum atomic E-state index is 11.8. The minimum Gasteiger partial charge on any atom is -0.497 e. The zero-order chi connectivity index (χ0) is 13.1. The molecule has 3 N–H and O–H groups in total. The first-order valence-electron chi connectivity index (χ1n) is 4.77. The third-order valence-electron chi connectivity index (χ3n) is 2.19. The molecular weight excluding hydrogens is 244 g/mol. The molecule has 0 bridgehead atoms. The van der Waals surface area contributed by atoms with Crippen LogP contribution in [0.5, 0.6) is 5.75 Å². The molecule has 94 valence electrons. The Morgan fingerprint density at radius 2 is 2.12 bits per heavy atom. The van der Waals surface area contributed by atoms with Crippen molar-refractivity contribution in [1.82, 2.24) is 4.72 Å². The van der Waals surface area contributed by atoms with Crippen LogP contribution in [0.1, 0.15) is 10.4 Å². The topological polar surface area (TPSA) is 98.5 Å². The molecule has 0 aliphatic rings. The fraction of sp³-hybridized carbons (Fsp3) is 0.300. The highest BCUT2D eigenvalue weighted by Crippen LogP contribution is 2.20. The summed E-state index contributed by atoms with van der Waals surface area (Å²) in [6.07, 6.45) is 0. The highest BCUT2D eigenvalue weighted by molar-refractivity contribution is 7.90. The van der Waals surface area contributed by atoms with Gasteiger partial charge in [-0.25, -0.2) is 13.1 Å². The maximum Gasteiger partial charge on any atom is 0.218 e. The van der Waals surface area contributed by atoms with Gasteiger partial charge in [0.05, 0.1) is 7.11 Å². The van der Waals surface area contributed by atoms with Crippen LogP contribution in [0.3, 0.4) is 0 Å². The van der Waals surface area contributed by atoms with Crippen molar-refractivity contribution in [3.05, 3.63) is 23.8 Å². The van der Waals surface area contributed by atoms with E-state index in [1.165, 1.54) is 26.3 Å². The lowest BCUT2D eigenvalue weighted by Gasteiger charge is -2.07. The molecule has 0 amide bonds. The maximum absolute atomic E-state index is 11.8. The minimum absolute atomic E-state index is 0.142. The van der Waals surface area contributed by atoms with E-state index in [0.29, 0.717) is 5.75 Å². The number of carbonyl (C=O) groups excluding carboxylic acids is 1. The first-order valence-corrected chi connectivity index (χ1v) is 6.43. The smallest absolute Gasteiger partial charge is 0.218 e. The lowest BCUT2D eigenvalue weighted by Crippen LogP contribution is -2.27. The van der Waals surface area contributed by atoms with Crippen molar-refractivity contribution in [2.45, 2.75) is 0 Å². The first-order chi connectivity index (χ1) is 7.89. The summed E-state index contributed by atoms with van der Waals surface area (Å²) >= 11 is 0. The van der Waals surface area contributed by atoms with Gasteiger partial charge in [0, 0.05) is 11.3 Å². The Bertz CT molecular complexity index is 525. The van der Waals surface area contributed by atoms with E-state index in [0.717, 1.165) is 0 Å². The molecule has 17 heavy (non-hydrogen) atoms. The highest BCUT2D eigenvalue weighted by atomic mass is 32.2. The molecule has 0 unspecified atom stereocenters. The second-order valence-electron chi connectivity index (χ2n) is 3.34. The van der Waals surface area contributed by atoms with Gasteiger partial charge in [-0.1, -0.05) is 0 Å². The third-order valence-corrected chi connectivity index (χ3v) is 3.46. The molecule has 1 aromatic carbocycles. The average Bonchev–Trinajstić information content (AvgIpc) is 2.29. The van der Waals surface area contributed by atoms with Crippen LogP contribution in [-0.2, 0) is 10.0 Å². The number of anilines is 1. The number of nitrogen functional groups attached to an aromatic ring is 1. The summed E-state index contributed by atoms with van der Waals surface area (Å²) in [7, 11) is -0.903. The molecule has 0 spiro atoms. The molecule has 0 fully saturated rings. The fourth-order valence-corrected chi connectivity index (χ4v) is 1.87. The number of sulfonamides is 1. The Labute approximate surface area is 99.8 Å². The van der Waals surface area contributed by atoms with Crippen LogP contribution in [0.4, 0.5) is 5.69 Å². The van der Waals surface area contributed by atoms with Crippen LogP contribution < -0.4 is 15.2 Å². The Kier molecular flexibility index (Phi) is 4.08. The molecule has 1 rings (SSSR count). The Morgan fingerprint density at radius 3 is 2.65 bits per heavy atom. The predicted octanol–water partition coefficient (Wildman–Crippen LogP) is 0.00930. The average molecular weight is 258 g/mol. The molecule has 0 aliphatic heterocycles. The summed E-state index contributed by atoms with van der Waals surface area (Å²) in [5, 5.41) is 0. The molecule has 0 radical (unpaired) electrons. The monoisotopic (exact) mass is 258 g/mol. The largest absolute Gasteiger partial charge is 0.497 e. The van der Waals surface area contributed by atoms with Crippen LogP contribution in [-0.4, -0.2) is 34.1 Å². The second kappa shape index (κ2) is 5.15. The van der Waals surface area contributed by atoms with Gasteiger partial charge >= 0.3 is 0 Å². The summed E-state index contributed by atoms with van der Waals surface area (Å²) in [6, 6.07) is 4.51. The standard InChI is InChI=1S/C10H14N2O4S/c1-12-17(14,15)6-10(13)8-5-7(16-2)3-4-9(8)11/h3-5,12H,6,11H2,1-2H3. The number of hydrogen-bond acceptors (Lipinski definition) is 5. The van der Waals surface area contributed by atoms with Gasteiger partial charge in [0.25, 0.3) is 0 Å². The van der Waals surface area contributed by atoms with E-state index in [1.54, 1.807) is 6.07 Å². The van der Waals surface area contributed by atoms with Crippen LogP contribution in [0.15, 0.2) is 18.2 Å². The van der Waals surface area contributed by atoms with Crippen molar-refractivity contribution in [2.75, 3.05) is 25.6 Å². The number of Topliss-reactive ketones (excluding diaryl/α,β-unsaturated/α-hetero) is 1. The summed E-state index contributed by atoms with van der Waals surface area (Å²) < 4.78 is 29.5. The Morgan fingerprint density at radius 1 is 1.47 bits per heavy atom. The predicted molar refractivity (Wildman–Crippen MR) is 64.6 cm³/mol. The summed E-state index contributed by atoms with van der Waals surface area (Å²) in [6.45, 7) is 0. The number of ether oxygens (including phenoxy) is 1. The molecule has 0 heterocycles. The summed E-state index contributed by atoms with van der Waals surface area (Å²) in [5.41, 5.74) is 5.98. The molecule has 0 atom stereocenters. The van der Waals surface area contributed by atoms with E-state index < -0.39 is 21.6 Å². The fourth-order valence-electron chi connectivity index (χ4n) is 1.23. The molecule has 6 nitrogen and oxygen atoms in total. The van der Waals surface area contributed by atoms with Gasteiger partial charge in [0.1, 0.15) is 11.5 Å². The van der Waals surface area contributed by atoms with E-state index in [2.05, 4.69) is 4.72 Å². The molecule has 0 aliphatic carbocycles. The first kappa shape index (κ1) is 13.5. The van der Waals surface area contributed by atoms with Crippen molar-refractivity contribution in [1.29, 1.82) is 0 Å². The van der Waals surface area contributed by atoms with Gasteiger partial charge in [0.2, 0.25) is 10.0 Å². The number of carbonyl (C=O) groups is 1. The van der Waals surface area contributed by atoms with Gasteiger partial charge in [-0.05, 0) is 25.2 Å². The number of methoxy groups -OCH3 is 1. The molecule has 1 aromatic rings. The number of ketones is 1. The van der Waals surface area contributed by atoms with Gasteiger partial charge < -0.3 is 10.5 Å². The third kappa shape index (κ3) is 3.43. The van der Waals surface area contributed by atoms with Gasteiger partial charge in [-0.15, -0.1) is 0 Å². The second-order valence-corrected chi connectivity index (χ2v) is 5.27. The minimum atomic E-state index is -3.60. The Balaban J connectivity index is 3.04. The normalized spacial score (nSPS) is 11.2. The lowest BCUT2D eigenvalue weighted by molar-refractivity contribution is 0.102. The highest BCUT2D eigenvalue weighted by Gasteiger charge is 2.18. The van der Waals surface area contributed by atoms with Crippen molar-refractivity contribution in [2.24, 2.45) is 0 Å². The van der Waals surface area contributed by atoms with Crippen molar-refractivity contribution >= 4 is 21.5 Å². The van der Waals surface area contributed by atoms with Crippen LogP contribution in [0.2, 0.25) is 0 Å². The van der Waals surface area contributed by atoms with Gasteiger partial charge in [0.15, 0.2) is 5.78 Å². The molecule has 0 saturated carbocycles. The zero-order valence-corrected chi connectivity index (χ0v) is 10.4. The van der Waals surface area contributed by atoms with E-state index in [4.69, 9.17) is 10.5 Å². The number of benzene rings is 1. The van der Waals surface area contributed by atoms with Crippen molar-refractivity contribution < 1.29 is 17.9 Å². The summed E-state index contributed by atoms with van der Waals surface area (Å²) in [5.74, 6) is -0.763. The molecule has 0 aromatic heterocycles. The van der Waals surface area contributed by atoms with E-state index in [1.807, 2.05) is 0 Å². The zero-order valence-electron chi connectivity index (χ0n) is 9.56. The number of nitrogens with one attached hydrogen (secondary N) is 1. The SMILES string of the molecule is CNS(=O)(=O)CC(=O)c1cc(OC)ccc1N. The van der Waals surface area contributed by atoms with Crippen LogP contribution >= 0.6 is 0 Å². The number of rotatable bonds is 5. The molecular formula is C10H14N2O4S. The van der Waals surface area contributed by atoms with Crippen LogP contribution in [0.25, 0.3) is 0 Å².